The van der Waals surface area contributed by atoms with E-state index in [1.54, 1.807) is 0 Å². The van der Waals surface area contributed by atoms with Crippen LogP contribution in [0.3, 0.4) is 0 Å². The summed E-state index contributed by atoms with van der Waals surface area (Å²) in [5.41, 5.74) is 0.614. The van der Waals surface area contributed by atoms with E-state index in [1.807, 2.05) is 0 Å². The monoisotopic (exact) mass is 154 g/mol. The van der Waals surface area contributed by atoms with Crippen LogP contribution in [0.2, 0.25) is 0 Å². The van der Waals surface area contributed by atoms with Gasteiger partial charge < -0.3 is 5.41 Å². The van der Waals surface area contributed by atoms with E-state index in [1.165, 1.54) is 0 Å². The van der Waals surface area contributed by atoms with Crippen molar-refractivity contribution in [2.75, 3.05) is 0 Å². The average molecular weight is 154 g/mol. The summed E-state index contributed by atoms with van der Waals surface area (Å²) in [7, 11) is 0. The number of hydrogen-bond donors (Lipinski definition) is 1. The Balaban J connectivity index is 2.10. The molecule has 0 aromatic heterocycles. The van der Waals surface area contributed by atoms with Crippen LogP contribution in [0.4, 0.5) is 0 Å². The highest BCUT2D eigenvalue weighted by Crippen LogP contribution is 2.49. The lowest BCUT2D eigenvalue weighted by Gasteiger charge is -2.05. The van der Waals surface area contributed by atoms with Gasteiger partial charge in [-0.15, -0.1) is 0 Å². The second kappa shape index (κ2) is 2.03. The first-order chi connectivity index (χ1) is 5.22. The lowest BCUT2D eigenvalue weighted by atomic mass is 9.99. The molecular weight excluding hydrogens is 144 g/mol. The molecule has 60 valence electrons. The van der Waals surface area contributed by atoms with Gasteiger partial charge in [-0.25, -0.2) is 0 Å². The molecule has 0 amide bonds. The summed E-state index contributed by atoms with van der Waals surface area (Å²) >= 11 is 0. The van der Waals surface area contributed by atoms with E-state index >= 15 is 0 Å². The van der Waals surface area contributed by atoms with Crippen molar-refractivity contribution in [1.29, 1.82) is 5.41 Å². The molecule has 2 fully saturated rings. The van der Waals surface area contributed by atoms with Crippen LogP contribution in [-0.4, -0.2) is 16.7 Å². The Hall–Kier alpha value is -0.930. The van der Waals surface area contributed by atoms with Gasteiger partial charge in [-0.3, -0.25) is 10.1 Å². The summed E-state index contributed by atoms with van der Waals surface area (Å²) in [6.45, 7) is 0. The van der Waals surface area contributed by atoms with Gasteiger partial charge in [0.1, 0.15) is 0 Å². The van der Waals surface area contributed by atoms with Crippen molar-refractivity contribution in [1.82, 2.24) is 0 Å². The normalized spacial score (nSPS) is 41.5. The maximum atomic E-state index is 10.4. The minimum atomic E-state index is -0.398. The third-order valence-corrected chi connectivity index (χ3v) is 2.76. The van der Waals surface area contributed by atoms with Gasteiger partial charge >= 0.3 is 0 Å². The van der Waals surface area contributed by atoms with Crippen LogP contribution in [0, 0.1) is 27.4 Å². The smallest absolute Gasteiger partial charge is 0.225 e. The largest absolute Gasteiger partial charge is 0.309 e. The van der Waals surface area contributed by atoms with Crippen LogP contribution in [0.5, 0.6) is 0 Å². The fraction of sp³-hybridized carbons (Fsp3) is 0.857. The number of hydrogen-bond acceptors (Lipinski definition) is 3. The number of nitrogens with one attached hydrogen (secondary N) is 1. The Labute approximate surface area is 64.3 Å². The lowest BCUT2D eigenvalue weighted by Crippen LogP contribution is -2.09. The molecule has 0 aliphatic heterocycles. The lowest BCUT2D eigenvalue weighted by molar-refractivity contribution is -0.500. The van der Waals surface area contributed by atoms with Crippen molar-refractivity contribution in [2.45, 2.75) is 25.3 Å². The van der Waals surface area contributed by atoms with E-state index in [2.05, 4.69) is 0 Å². The second-order valence-corrected chi connectivity index (χ2v) is 3.38. The maximum absolute atomic E-state index is 10.4. The molecule has 0 bridgehead atoms. The molecule has 0 aromatic carbocycles. The molecule has 1 N–H and O–H groups in total. The molecule has 2 rings (SSSR count). The summed E-state index contributed by atoms with van der Waals surface area (Å²) < 4.78 is 0. The molecule has 3 atom stereocenters. The van der Waals surface area contributed by atoms with E-state index in [0.29, 0.717) is 5.71 Å². The van der Waals surface area contributed by atoms with Gasteiger partial charge in [0.2, 0.25) is 6.04 Å². The van der Waals surface area contributed by atoms with Crippen molar-refractivity contribution in [3.05, 3.63) is 10.1 Å². The zero-order valence-electron chi connectivity index (χ0n) is 6.12. The Morgan fingerprint density at radius 3 is 2.91 bits per heavy atom. The van der Waals surface area contributed by atoms with Gasteiger partial charge in [-0.1, -0.05) is 0 Å². The molecule has 0 unspecified atom stereocenters. The maximum Gasteiger partial charge on any atom is 0.225 e. The van der Waals surface area contributed by atoms with Crippen LogP contribution in [0.15, 0.2) is 0 Å². The van der Waals surface area contributed by atoms with Gasteiger partial charge in [-0.05, 0) is 19.3 Å². The van der Waals surface area contributed by atoms with Gasteiger partial charge in [0.15, 0.2) is 0 Å². The first-order valence-electron chi connectivity index (χ1n) is 3.92. The molecule has 0 spiro atoms. The number of nitrogens with zero attached hydrogens (tertiary/aromatic N) is 1. The standard InChI is InChI=1S/C7H10N2O2/c8-5-3-1-2-4-6(5)7(4)9(10)11/h4,6-8H,1-3H2/t4-,6-,7+/m0/s1. The number of rotatable bonds is 1. The van der Waals surface area contributed by atoms with Crippen molar-refractivity contribution in [3.63, 3.8) is 0 Å². The van der Waals surface area contributed by atoms with Gasteiger partial charge in [0.05, 0.1) is 5.92 Å². The Bertz CT molecular complexity index is 222. The summed E-state index contributed by atoms with van der Waals surface area (Å²) in [6, 6.07) is -0.398. The SMILES string of the molecule is N=C1CCC[C@H]2[C@@H]1[C@@H]2[N+](=O)[O-]. The minimum Gasteiger partial charge on any atom is -0.309 e. The highest BCUT2D eigenvalue weighted by molar-refractivity contribution is 5.88. The summed E-state index contributed by atoms with van der Waals surface area (Å²) in [5.74, 6) is 0.227. The van der Waals surface area contributed by atoms with Crippen LogP contribution in [0.25, 0.3) is 0 Å². The predicted octanol–water partition coefficient (Wildman–Crippen LogP) is 1.08. The molecule has 0 heterocycles. The van der Waals surface area contributed by atoms with Gasteiger partial charge in [-0.2, -0.15) is 0 Å². The molecule has 4 nitrogen and oxygen atoms in total. The third kappa shape index (κ3) is 0.852. The highest BCUT2D eigenvalue weighted by atomic mass is 16.6. The topological polar surface area (TPSA) is 67.0 Å². The van der Waals surface area contributed by atoms with E-state index in [9.17, 15) is 10.1 Å². The van der Waals surface area contributed by atoms with Crippen molar-refractivity contribution in [2.24, 2.45) is 11.8 Å². The first-order valence-corrected chi connectivity index (χ1v) is 3.92. The second-order valence-electron chi connectivity index (χ2n) is 3.38. The van der Waals surface area contributed by atoms with Crippen LogP contribution < -0.4 is 0 Å². The van der Waals surface area contributed by atoms with Crippen LogP contribution >= 0.6 is 0 Å². The fourth-order valence-electron chi connectivity index (χ4n) is 2.15. The van der Waals surface area contributed by atoms with E-state index in [0.717, 1.165) is 19.3 Å². The Morgan fingerprint density at radius 1 is 1.64 bits per heavy atom. The number of nitro groups is 1. The molecular formula is C7H10N2O2. The summed E-state index contributed by atoms with van der Waals surface area (Å²) in [4.78, 5) is 10.2. The van der Waals surface area contributed by atoms with Crippen molar-refractivity contribution >= 4 is 5.71 Å². The molecule has 4 heteroatoms. The van der Waals surface area contributed by atoms with Gasteiger partial charge in [0, 0.05) is 16.6 Å². The van der Waals surface area contributed by atoms with E-state index < -0.39 is 6.04 Å². The quantitative estimate of drug-likeness (QED) is 0.453. The first kappa shape index (κ1) is 6.76. The molecule has 2 aliphatic carbocycles. The van der Waals surface area contributed by atoms with E-state index in [4.69, 9.17) is 5.41 Å². The van der Waals surface area contributed by atoms with Crippen molar-refractivity contribution in [3.8, 4) is 0 Å². The molecule has 2 aliphatic rings. The Kier molecular flexibility index (Phi) is 1.25. The zero-order chi connectivity index (χ0) is 8.01. The molecule has 11 heavy (non-hydrogen) atoms. The molecule has 0 aromatic rings. The summed E-state index contributed by atoms with van der Waals surface area (Å²) in [5, 5.41) is 17.8. The highest BCUT2D eigenvalue weighted by Gasteiger charge is 2.62. The Morgan fingerprint density at radius 2 is 2.36 bits per heavy atom. The van der Waals surface area contributed by atoms with Crippen molar-refractivity contribution < 1.29 is 4.92 Å². The summed E-state index contributed by atoms with van der Waals surface area (Å²) in [6.07, 6.45) is 2.72. The average Bonchev–Trinajstić information content (AvgIpc) is 2.62. The number of fused-ring (bicyclic) bond motifs is 1. The fourth-order valence-corrected chi connectivity index (χ4v) is 2.15. The molecule has 2 saturated carbocycles. The van der Waals surface area contributed by atoms with E-state index in [-0.39, 0.29) is 16.8 Å². The van der Waals surface area contributed by atoms with Crippen LogP contribution in [-0.2, 0) is 0 Å². The predicted molar refractivity (Wildman–Crippen MR) is 39.3 cm³/mol. The van der Waals surface area contributed by atoms with Gasteiger partial charge in [0.25, 0.3) is 0 Å². The minimum absolute atomic E-state index is 0.0127. The molecule has 0 radical (unpaired) electrons. The third-order valence-electron chi connectivity index (χ3n) is 2.76. The molecule has 0 saturated heterocycles. The van der Waals surface area contributed by atoms with Crippen LogP contribution in [0.1, 0.15) is 19.3 Å². The zero-order valence-corrected chi connectivity index (χ0v) is 6.12.